The molecule has 0 aliphatic rings. The molecule has 0 aromatic heterocycles. The van der Waals surface area contributed by atoms with Crippen molar-refractivity contribution < 1.29 is 13.2 Å². The Hall–Kier alpha value is -0.880. The van der Waals surface area contributed by atoms with Gasteiger partial charge in [-0.05, 0) is 30.7 Å². The SMILES string of the molecule is CCC(Br)C(=O)c1ccc(NS(C)(=O)=O)cc1. The number of alkyl halides is 1. The number of ketones is 1. The topological polar surface area (TPSA) is 63.2 Å². The second-order valence-corrected chi connectivity index (χ2v) is 6.55. The fourth-order valence-corrected chi connectivity index (χ4v) is 2.11. The molecular formula is C11H14BrNO3S. The molecule has 1 N–H and O–H groups in total. The molecule has 0 radical (unpaired) electrons. The molecule has 0 heterocycles. The van der Waals surface area contributed by atoms with Crippen LogP contribution in [0.15, 0.2) is 24.3 Å². The van der Waals surface area contributed by atoms with Gasteiger partial charge in [-0.25, -0.2) is 8.42 Å². The molecule has 0 spiro atoms. The molecular weight excluding hydrogens is 306 g/mol. The van der Waals surface area contributed by atoms with Crippen LogP contribution in [-0.4, -0.2) is 25.3 Å². The van der Waals surface area contributed by atoms with Crippen molar-refractivity contribution in [3.8, 4) is 0 Å². The summed E-state index contributed by atoms with van der Waals surface area (Å²) in [6.45, 7) is 1.91. The van der Waals surface area contributed by atoms with Gasteiger partial charge < -0.3 is 0 Å². The van der Waals surface area contributed by atoms with Crippen molar-refractivity contribution in [1.29, 1.82) is 0 Å². The number of carbonyl (C=O) groups excluding carboxylic acids is 1. The van der Waals surface area contributed by atoms with E-state index in [0.29, 0.717) is 17.7 Å². The zero-order valence-corrected chi connectivity index (χ0v) is 12.0. The van der Waals surface area contributed by atoms with Crippen LogP contribution < -0.4 is 4.72 Å². The van der Waals surface area contributed by atoms with Crippen LogP contribution in [0.4, 0.5) is 5.69 Å². The monoisotopic (exact) mass is 319 g/mol. The maximum Gasteiger partial charge on any atom is 0.229 e. The Kier molecular flexibility index (Phi) is 4.70. The minimum atomic E-state index is -3.28. The van der Waals surface area contributed by atoms with Gasteiger partial charge in [-0.3, -0.25) is 9.52 Å². The second-order valence-electron chi connectivity index (χ2n) is 3.69. The number of nitrogens with one attached hydrogen (secondary N) is 1. The minimum absolute atomic E-state index is 0.00148. The van der Waals surface area contributed by atoms with Gasteiger partial charge in [0.2, 0.25) is 10.0 Å². The van der Waals surface area contributed by atoms with Gasteiger partial charge in [0.25, 0.3) is 0 Å². The third-order valence-corrected chi connectivity index (χ3v) is 3.79. The fourth-order valence-electron chi connectivity index (χ4n) is 1.28. The van der Waals surface area contributed by atoms with E-state index in [1.807, 2.05) is 6.92 Å². The molecule has 0 aliphatic heterocycles. The van der Waals surface area contributed by atoms with E-state index >= 15 is 0 Å². The van der Waals surface area contributed by atoms with Crippen LogP contribution in [-0.2, 0) is 10.0 Å². The lowest BCUT2D eigenvalue weighted by atomic mass is 10.1. The number of sulfonamides is 1. The molecule has 6 heteroatoms. The molecule has 0 saturated heterocycles. The number of halogens is 1. The standard InChI is InChI=1S/C11H14BrNO3S/c1-3-10(12)11(14)8-4-6-9(7-5-8)13-17(2,15)16/h4-7,10,13H,3H2,1-2H3. The lowest BCUT2D eigenvalue weighted by Crippen LogP contribution is -2.13. The molecule has 0 bridgehead atoms. The van der Waals surface area contributed by atoms with Crippen LogP contribution in [0.25, 0.3) is 0 Å². The molecule has 1 atom stereocenters. The summed E-state index contributed by atoms with van der Waals surface area (Å²) in [6, 6.07) is 6.37. The summed E-state index contributed by atoms with van der Waals surface area (Å²) in [5.41, 5.74) is 1.01. The van der Waals surface area contributed by atoms with E-state index < -0.39 is 10.0 Å². The number of carbonyl (C=O) groups is 1. The van der Waals surface area contributed by atoms with E-state index in [4.69, 9.17) is 0 Å². The molecule has 1 aromatic carbocycles. The number of benzene rings is 1. The molecule has 1 unspecified atom stereocenters. The summed E-state index contributed by atoms with van der Waals surface area (Å²) in [4.78, 5) is 11.6. The predicted octanol–water partition coefficient (Wildman–Crippen LogP) is 2.41. The van der Waals surface area contributed by atoms with Crippen molar-refractivity contribution in [3.63, 3.8) is 0 Å². The first kappa shape index (κ1) is 14.2. The van der Waals surface area contributed by atoms with E-state index in [1.165, 1.54) is 0 Å². The fraction of sp³-hybridized carbons (Fsp3) is 0.364. The second kappa shape index (κ2) is 5.64. The summed E-state index contributed by atoms with van der Waals surface area (Å²) in [5, 5.41) is 0. The van der Waals surface area contributed by atoms with E-state index in [1.54, 1.807) is 24.3 Å². The highest BCUT2D eigenvalue weighted by molar-refractivity contribution is 9.10. The van der Waals surface area contributed by atoms with E-state index in [-0.39, 0.29) is 10.6 Å². The number of hydrogen-bond acceptors (Lipinski definition) is 3. The van der Waals surface area contributed by atoms with Crippen LogP contribution in [0, 0.1) is 0 Å². The van der Waals surface area contributed by atoms with Crippen molar-refractivity contribution in [2.45, 2.75) is 18.2 Å². The third kappa shape index (κ3) is 4.47. The van der Waals surface area contributed by atoms with E-state index in [0.717, 1.165) is 6.26 Å². The first-order chi connectivity index (χ1) is 7.83. The largest absolute Gasteiger partial charge is 0.293 e. The van der Waals surface area contributed by atoms with Gasteiger partial charge in [0.1, 0.15) is 0 Å². The molecule has 0 saturated carbocycles. The Morgan fingerprint density at radius 3 is 2.29 bits per heavy atom. The number of Topliss-reactive ketones (excluding diaryl/α,β-unsaturated/α-hetero) is 1. The normalized spacial score (nSPS) is 13.1. The van der Waals surface area contributed by atoms with Crippen LogP contribution in [0.5, 0.6) is 0 Å². The van der Waals surface area contributed by atoms with Crippen molar-refractivity contribution >= 4 is 37.4 Å². The Morgan fingerprint density at radius 2 is 1.88 bits per heavy atom. The number of hydrogen-bond donors (Lipinski definition) is 1. The van der Waals surface area contributed by atoms with E-state index in [2.05, 4.69) is 20.7 Å². The quantitative estimate of drug-likeness (QED) is 0.669. The summed E-state index contributed by atoms with van der Waals surface area (Å²) < 4.78 is 24.3. The third-order valence-electron chi connectivity index (χ3n) is 2.12. The van der Waals surface area contributed by atoms with Crippen LogP contribution in [0.3, 0.4) is 0 Å². The number of rotatable bonds is 5. The maximum absolute atomic E-state index is 11.8. The smallest absolute Gasteiger partial charge is 0.229 e. The number of anilines is 1. The molecule has 94 valence electrons. The zero-order chi connectivity index (χ0) is 13.1. The van der Waals surface area contributed by atoms with Crippen molar-refractivity contribution in [1.82, 2.24) is 0 Å². The Bertz CT molecular complexity index is 496. The summed E-state index contributed by atoms with van der Waals surface area (Å²) in [6.07, 6.45) is 1.79. The molecule has 1 aromatic rings. The van der Waals surface area contributed by atoms with Gasteiger partial charge in [0.15, 0.2) is 5.78 Å². The predicted molar refractivity (Wildman–Crippen MR) is 72.2 cm³/mol. The molecule has 17 heavy (non-hydrogen) atoms. The van der Waals surface area contributed by atoms with E-state index in [9.17, 15) is 13.2 Å². The highest BCUT2D eigenvalue weighted by Crippen LogP contribution is 2.16. The van der Waals surface area contributed by atoms with Crippen molar-refractivity contribution in [3.05, 3.63) is 29.8 Å². The van der Waals surface area contributed by atoms with Crippen LogP contribution in [0.1, 0.15) is 23.7 Å². The van der Waals surface area contributed by atoms with Crippen LogP contribution in [0.2, 0.25) is 0 Å². The highest BCUT2D eigenvalue weighted by Gasteiger charge is 2.14. The Balaban J connectivity index is 2.85. The maximum atomic E-state index is 11.8. The van der Waals surface area contributed by atoms with Gasteiger partial charge in [0, 0.05) is 11.3 Å². The molecule has 0 fully saturated rings. The minimum Gasteiger partial charge on any atom is -0.293 e. The average molecular weight is 320 g/mol. The highest BCUT2D eigenvalue weighted by atomic mass is 79.9. The van der Waals surface area contributed by atoms with Crippen molar-refractivity contribution in [2.24, 2.45) is 0 Å². The summed E-state index contributed by atoms with van der Waals surface area (Å²) in [7, 11) is -3.28. The summed E-state index contributed by atoms with van der Waals surface area (Å²) in [5.74, 6) is -0.00148. The van der Waals surface area contributed by atoms with Gasteiger partial charge >= 0.3 is 0 Å². The molecule has 1 rings (SSSR count). The van der Waals surface area contributed by atoms with Crippen LogP contribution >= 0.6 is 15.9 Å². The van der Waals surface area contributed by atoms with Gasteiger partial charge in [0.05, 0.1) is 11.1 Å². The first-order valence-corrected chi connectivity index (χ1v) is 7.90. The molecule has 0 aliphatic carbocycles. The summed E-state index contributed by atoms with van der Waals surface area (Å²) >= 11 is 3.29. The van der Waals surface area contributed by atoms with Crippen molar-refractivity contribution in [2.75, 3.05) is 11.0 Å². The van der Waals surface area contributed by atoms with Gasteiger partial charge in [-0.15, -0.1) is 0 Å². The molecule has 4 nitrogen and oxygen atoms in total. The lowest BCUT2D eigenvalue weighted by molar-refractivity contribution is 0.0990. The lowest BCUT2D eigenvalue weighted by Gasteiger charge is -2.07. The Morgan fingerprint density at radius 1 is 1.35 bits per heavy atom. The molecule has 0 amide bonds. The zero-order valence-electron chi connectivity index (χ0n) is 9.60. The average Bonchev–Trinajstić information content (AvgIpc) is 2.26. The van der Waals surface area contributed by atoms with Gasteiger partial charge in [-0.2, -0.15) is 0 Å². The Labute approximate surface area is 110 Å². The first-order valence-electron chi connectivity index (χ1n) is 5.09. The van der Waals surface area contributed by atoms with Gasteiger partial charge in [-0.1, -0.05) is 22.9 Å².